The van der Waals surface area contributed by atoms with E-state index in [1.807, 2.05) is 0 Å². The highest BCUT2D eigenvalue weighted by Crippen LogP contribution is 2.34. The van der Waals surface area contributed by atoms with Crippen LogP contribution in [-0.2, 0) is 16.0 Å². The standard InChI is InChI=1S/C17H25N5O2/c18-15-13-8-14(23)22(9-12-2-1-7-24-10-12)16(13)21-17(20-15)19-6-5-11-3-4-11/h11-12H,1-10H2,(H3,18,19,20,21). The predicted molar refractivity (Wildman–Crippen MR) is 91.9 cm³/mol. The maximum absolute atomic E-state index is 12.4. The molecular formula is C17H25N5O2. The van der Waals surface area contributed by atoms with Gasteiger partial charge in [-0.2, -0.15) is 9.97 Å². The zero-order chi connectivity index (χ0) is 16.5. The lowest BCUT2D eigenvalue weighted by molar-refractivity contribution is -0.117. The molecule has 1 atom stereocenters. The van der Waals surface area contributed by atoms with Crippen molar-refractivity contribution in [1.82, 2.24) is 9.97 Å². The SMILES string of the molecule is Nc1nc(NCCC2CC2)nc2c1CC(=O)N2CC1CCCOC1. The summed E-state index contributed by atoms with van der Waals surface area (Å²) in [7, 11) is 0. The number of carbonyl (C=O) groups is 1. The van der Waals surface area contributed by atoms with Crippen molar-refractivity contribution in [3.63, 3.8) is 0 Å². The fourth-order valence-electron chi connectivity index (χ4n) is 3.52. The Kier molecular flexibility index (Phi) is 4.26. The van der Waals surface area contributed by atoms with E-state index in [2.05, 4.69) is 15.3 Å². The highest BCUT2D eigenvalue weighted by atomic mass is 16.5. The summed E-state index contributed by atoms with van der Waals surface area (Å²) in [6.07, 6.45) is 6.26. The third-order valence-corrected chi connectivity index (χ3v) is 5.13. The van der Waals surface area contributed by atoms with Gasteiger partial charge in [0.2, 0.25) is 11.9 Å². The molecule has 1 unspecified atom stereocenters. The quantitative estimate of drug-likeness (QED) is 0.822. The number of aromatic nitrogens is 2. The Bertz CT molecular complexity index is 626. The molecule has 0 spiro atoms. The number of anilines is 3. The number of fused-ring (bicyclic) bond motifs is 1. The van der Waals surface area contributed by atoms with Crippen molar-refractivity contribution in [1.29, 1.82) is 0 Å². The van der Waals surface area contributed by atoms with Gasteiger partial charge < -0.3 is 15.8 Å². The van der Waals surface area contributed by atoms with Crippen molar-refractivity contribution in [3.05, 3.63) is 5.56 Å². The van der Waals surface area contributed by atoms with Gasteiger partial charge in [-0.15, -0.1) is 0 Å². The summed E-state index contributed by atoms with van der Waals surface area (Å²) in [5, 5.41) is 3.26. The van der Waals surface area contributed by atoms with Gasteiger partial charge in [0.15, 0.2) is 0 Å². The molecule has 1 aromatic rings. The van der Waals surface area contributed by atoms with E-state index in [9.17, 15) is 4.79 Å². The number of nitrogens with zero attached hydrogens (tertiary/aromatic N) is 3. The van der Waals surface area contributed by atoms with Crippen LogP contribution < -0.4 is 16.0 Å². The number of carbonyl (C=O) groups excluding carboxylic acids is 1. The van der Waals surface area contributed by atoms with Crippen molar-refractivity contribution < 1.29 is 9.53 Å². The number of ether oxygens (including phenoxy) is 1. The largest absolute Gasteiger partial charge is 0.383 e. The van der Waals surface area contributed by atoms with Crippen LogP contribution in [0.2, 0.25) is 0 Å². The van der Waals surface area contributed by atoms with Gasteiger partial charge in [-0.1, -0.05) is 12.8 Å². The molecule has 1 saturated carbocycles. The van der Waals surface area contributed by atoms with Gasteiger partial charge in [0, 0.05) is 31.2 Å². The minimum atomic E-state index is 0.0618. The lowest BCUT2D eigenvalue weighted by Gasteiger charge is -2.27. The van der Waals surface area contributed by atoms with Gasteiger partial charge in [0.25, 0.3) is 0 Å². The first kappa shape index (κ1) is 15.6. The van der Waals surface area contributed by atoms with Crippen LogP contribution in [0.15, 0.2) is 0 Å². The van der Waals surface area contributed by atoms with Gasteiger partial charge in [-0.3, -0.25) is 9.69 Å². The average molecular weight is 331 g/mol. The molecule has 7 heteroatoms. The monoisotopic (exact) mass is 331 g/mol. The first-order valence-corrected chi connectivity index (χ1v) is 8.99. The van der Waals surface area contributed by atoms with Crippen LogP contribution >= 0.6 is 0 Å². The fraction of sp³-hybridized carbons (Fsp3) is 0.706. The molecule has 7 nitrogen and oxygen atoms in total. The molecular weight excluding hydrogens is 306 g/mol. The number of rotatable bonds is 6. The molecule has 1 aromatic heterocycles. The zero-order valence-electron chi connectivity index (χ0n) is 14.0. The lowest BCUT2D eigenvalue weighted by Crippen LogP contribution is -2.36. The molecule has 2 fully saturated rings. The maximum atomic E-state index is 12.4. The summed E-state index contributed by atoms with van der Waals surface area (Å²) in [5.74, 6) is 2.93. The molecule has 130 valence electrons. The second kappa shape index (κ2) is 6.55. The Morgan fingerprint density at radius 3 is 2.88 bits per heavy atom. The Balaban J connectivity index is 1.48. The van der Waals surface area contributed by atoms with E-state index < -0.39 is 0 Å². The molecule has 3 N–H and O–H groups in total. The van der Waals surface area contributed by atoms with Gasteiger partial charge in [-0.25, -0.2) is 0 Å². The van der Waals surface area contributed by atoms with Gasteiger partial charge >= 0.3 is 0 Å². The van der Waals surface area contributed by atoms with Crippen molar-refractivity contribution in [2.24, 2.45) is 11.8 Å². The first-order valence-electron chi connectivity index (χ1n) is 8.99. The fourth-order valence-corrected chi connectivity index (χ4v) is 3.52. The van der Waals surface area contributed by atoms with E-state index in [1.54, 1.807) is 4.90 Å². The highest BCUT2D eigenvalue weighted by Gasteiger charge is 2.34. The van der Waals surface area contributed by atoms with E-state index in [-0.39, 0.29) is 5.91 Å². The Morgan fingerprint density at radius 2 is 2.12 bits per heavy atom. The number of nitrogen functional groups attached to an aromatic ring is 1. The predicted octanol–water partition coefficient (Wildman–Crippen LogP) is 1.59. The Morgan fingerprint density at radius 1 is 1.25 bits per heavy atom. The molecule has 3 heterocycles. The topological polar surface area (TPSA) is 93.4 Å². The summed E-state index contributed by atoms with van der Waals surface area (Å²) in [4.78, 5) is 23.1. The van der Waals surface area contributed by atoms with Crippen LogP contribution in [0.25, 0.3) is 0 Å². The lowest BCUT2D eigenvalue weighted by atomic mass is 10.0. The second-order valence-corrected chi connectivity index (χ2v) is 7.16. The highest BCUT2D eigenvalue weighted by molar-refractivity contribution is 6.01. The molecule has 0 radical (unpaired) electrons. The summed E-state index contributed by atoms with van der Waals surface area (Å²) < 4.78 is 5.54. The summed E-state index contributed by atoms with van der Waals surface area (Å²) in [6, 6.07) is 0. The van der Waals surface area contributed by atoms with Crippen molar-refractivity contribution in [3.8, 4) is 0 Å². The molecule has 0 aromatic carbocycles. The summed E-state index contributed by atoms with van der Waals surface area (Å²) in [5.41, 5.74) is 6.85. The minimum absolute atomic E-state index is 0.0618. The summed E-state index contributed by atoms with van der Waals surface area (Å²) >= 11 is 0. The second-order valence-electron chi connectivity index (χ2n) is 7.16. The van der Waals surface area contributed by atoms with Crippen LogP contribution in [0.5, 0.6) is 0 Å². The van der Waals surface area contributed by atoms with E-state index in [0.717, 1.165) is 43.9 Å². The van der Waals surface area contributed by atoms with Crippen LogP contribution in [0, 0.1) is 11.8 Å². The average Bonchev–Trinajstić information content (AvgIpc) is 3.35. The third kappa shape index (κ3) is 3.31. The van der Waals surface area contributed by atoms with Crippen molar-refractivity contribution in [2.45, 2.75) is 38.5 Å². The van der Waals surface area contributed by atoms with Crippen LogP contribution in [0.4, 0.5) is 17.6 Å². The molecule has 1 aliphatic carbocycles. The molecule has 0 bridgehead atoms. The van der Waals surface area contributed by atoms with E-state index in [0.29, 0.717) is 43.1 Å². The van der Waals surface area contributed by atoms with Crippen LogP contribution in [0.3, 0.4) is 0 Å². The number of amides is 1. The van der Waals surface area contributed by atoms with Crippen LogP contribution in [0.1, 0.15) is 37.7 Å². The normalized spacial score (nSPS) is 23.4. The molecule has 1 amide bonds. The van der Waals surface area contributed by atoms with Crippen molar-refractivity contribution >= 4 is 23.5 Å². The number of nitrogens with two attached hydrogens (primary N) is 1. The third-order valence-electron chi connectivity index (χ3n) is 5.13. The molecule has 4 rings (SSSR count). The number of nitrogens with one attached hydrogen (secondary N) is 1. The number of hydrogen-bond acceptors (Lipinski definition) is 6. The molecule has 2 aliphatic heterocycles. The maximum Gasteiger partial charge on any atom is 0.232 e. The smallest absolute Gasteiger partial charge is 0.232 e. The molecule has 1 saturated heterocycles. The van der Waals surface area contributed by atoms with Gasteiger partial charge in [0.1, 0.15) is 11.6 Å². The van der Waals surface area contributed by atoms with Crippen molar-refractivity contribution in [2.75, 3.05) is 42.3 Å². The Labute approximate surface area is 142 Å². The van der Waals surface area contributed by atoms with Gasteiger partial charge in [0.05, 0.1) is 13.0 Å². The van der Waals surface area contributed by atoms with Crippen LogP contribution in [-0.4, -0.2) is 42.2 Å². The van der Waals surface area contributed by atoms with E-state index in [4.69, 9.17) is 10.5 Å². The molecule has 24 heavy (non-hydrogen) atoms. The zero-order valence-corrected chi connectivity index (χ0v) is 14.0. The first-order chi connectivity index (χ1) is 11.7. The molecule has 3 aliphatic rings. The Hall–Kier alpha value is -1.89. The summed E-state index contributed by atoms with van der Waals surface area (Å²) in [6.45, 7) is 3.05. The minimum Gasteiger partial charge on any atom is -0.383 e. The van der Waals surface area contributed by atoms with Gasteiger partial charge in [-0.05, 0) is 25.2 Å². The number of hydrogen-bond donors (Lipinski definition) is 2. The van der Waals surface area contributed by atoms with E-state index >= 15 is 0 Å². The van der Waals surface area contributed by atoms with E-state index in [1.165, 1.54) is 12.8 Å².